The van der Waals surface area contributed by atoms with E-state index in [1.165, 1.54) is 41.7 Å². The lowest BCUT2D eigenvalue weighted by molar-refractivity contribution is 0.102. The Hall–Kier alpha value is -3.04. The maximum atomic E-state index is 13.5. The van der Waals surface area contributed by atoms with Crippen LogP contribution in [0.15, 0.2) is 47.4 Å². The number of rotatable bonds is 7. The number of ether oxygens (including phenoxy) is 1. The van der Waals surface area contributed by atoms with Crippen molar-refractivity contribution >= 4 is 32.5 Å². The molecule has 1 aromatic heterocycles. The van der Waals surface area contributed by atoms with Gasteiger partial charge in [0, 0.05) is 24.5 Å². The number of carbonyl (C=O) groups excluding carboxylic acids is 1. The number of aromatic nitrogens is 1. The normalized spacial score (nSPS) is 11.7. The van der Waals surface area contributed by atoms with Gasteiger partial charge in [0.25, 0.3) is 5.91 Å². The van der Waals surface area contributed by atoms with E-state index in [2.05, 4.69) is 10.3 Å². The van der Waals surface area contributed by atoms with Crippen LogP contribution < -0.4 is 10.1 Å². The Morgan fingerprint density at radius 2 is 1.84 bits per heavy atom. The van der Waals surface area contributed by atoms with Crippen molar-refractivity contribution in [1.82, 2.24) is 9.29 Å². The molecule has 9 heteroatoms. The van der Waals surface area contributed by atoms with E-state index in [0.29, 0.717) is 35.4 Å². The molecule has 0 fully saturated rings. The molecule has 0 spiro atoms. The van der Waals surface area contributed by atoms with Crippen molar-refractivity contribution in [2.45, 2.75) is 25.7 Å². The van der Waals surface area contributed by atoms with Gasteiger partial charge in [-0.3, -0.25) is 9.78 Å². The molecule has 2 aromatic carbocycles. The van der Waals surface area contributed by atoms with Gasteiger partial charge in [0.2, 0.25) is 10.0 Å². The van der Waals surface area contributed by atoms with Crippen molar-refractivity contribution < 1.29 is 22.3 Å². The standard InChI is InChI=1S/C22H24FN3O4S/c1-5-26(6-2)31(28,29)17-9-10-21(30-4)20(13-17)25-22(27)18-11-15-7-8-16(23)12-19(15)24-14(18)3/h7-13H,5-6H2,1-4H3,(H,25,27). The molecule has 0 aliphatic rings. The summed E-state index contributed by atoms with van der Waals surface area (Å²) in [7, 11) is -2.28. The molecule has 0 aliphatic heterocycles. The maximum Gasteiger partial charge on any atom is 0.257 e. The topological polar surface area (TPSA) is 88.6 Å². The van der Waals surface area contributed by atoms with E-state index >= 15 is 0 Å². The van der Waals surface area contributed by atoms with E-state index in [1.807, 2.05) is 0 Å². The first-order valence-electron chi connectivity index (χ1n) is 9.77. The van der Waals surface area contributed by atoms with Crippen LogP contribution in [-0.2, 0) is 10.0 Å². The summed E-state index contributed by atoms with van der Waals surface area (Å²) in [5.41, 5.74) is 1.37. The Kier molecular flexibility index (Phi) is 6.56. The van der Waals surface area contributed by atoms with Gasteiger partial charge < -0.3 is 10.1 Å². The van der Waals surface area contributed by atoms with Gasteiger partial charge >= 0.3 is 0 Å². The van der Waals surface area contributed by atoms with Crippen LogP contribution in [0.1, 0.15) is 29.9 Å². The SMILES string of the molecule is CCN(CC)S(=O)(=O)c1ccc(OC)c(NC(=O)c2cc3ccc(F)cc3nc2C)c1. The fraction of sp³-hybridized carbons (Fsp3) is 0.273. The third-order valence-electron chi connectivity index (χ3n) is 4.98. The summed E-state index contributed by atoms with van der Waals surface area (Å²) in [6.45, 7) is 5.82. The van der Waals surface area contributed by atoms with Gasteiger partial charge in [0.1, 0.15) is 11.6 Å². The van der Waals surface area contributed by atoms with Crippen molar-refractivity contribution in [2.24, 2.45) is 0 Å². The first kappa shape index (κ1) is 22.6. The number of hydrogen-bond donors (Lipinski definition) is 1. The summed E-state index contributed by atoms with van der Waals surface area (Å²) in [4.78, 5) is 17.3. The average molecular weight is 446 g/mol. The molecule has 31 heavy (non-hydrogen) atoms. The van der Waals surface area contributed by atoms with Crippen LogP contribution in [-0.4, -0.2) is 43.8 Å². The number of pyridine rings is 1. The second kappa shape index (κ2) is 8.99. The molecule has 0 saturated heterocycles. The predicted octanol–water partition coefficient (Wildman–Crippen LogP) is 3.97. The molecular weight excluding hydrogens is 421 g/mol. The number of anilines is 1. The molecular formula is C22H24FN3O4S. The summed E-state index contributed by atoms with van der Waals surface area (Å²) < 4.78 is 45.8. The van der Waals surface area contributed by atoms with Crippen LogP contribution in [0.25, 0.3) is 10.9 Å². The maximum absolute atomic E-state index is 13.5. The van der Waals surface area contributed by atoms with Crippen molar-refractivity contribution in [3.8, 4) is 5.75 Å². The smallest absolute Gasteiger partial charge is 0.257 e. The van der Waals surface area contributed by atoms with Gasteiger partial charge in [-0.25, -0.2) is 12.8 Å². The summed E-state index contributed by atoms with van der Waals surface area (Å²) >= 11 is 0. The van der Waals surface area contributed by atoms with Gasteiger partial charge in [-0.2, -0.15) is 4.31 Å². The number of nitrogens with one attached hydrogen (secondary N) is 1. The van der Waals surface area contributed by atoms with Crippen LogP contribution in [0.5, 0.6) is 5.75 Å². The molecule has 0 unspecified atom stereocenters. The van der Waals surface area contributed by atoms with Gasteiger partial charge in [-0.05, 0) is 43.3 Å². The first-order valence-corrected chi connectivity index (χ1v) is 11.2. The van der Waals surface area contributed by atoms with E-state index < -0.39 is 21.7 Å². The van der Waals surface area contributed by atoms with Crippen molar-refractivity contribution in [1.29, 1.82) is 0 Å². The zero-order chi connectivity index (χ0) is 22.8. The Labute approximate surface area is 180 Å². The zero-order valence-corrected chi connectivity index (χ0v) is 18.6. The number of nitrogens with zero attached hydrogens (tertiary/aromatic N) is 2. The lowest BCUT2D eigenvalue weighted by atomic mass is 10.1. The Morgan fingerprint density at radius 1 is 1.13 bits per heavy atom. The van der Waals surface area contributed by atoms with E-state index in [1.54, 1.807) is 32.9 Å². The van der Waals surface area contributed by atoms with E-state index in [9.17, 15) is 17.6 Å². The Balaban J connectivity index is 2.00. The lowest BCUT2D eigenvalue weighted by Gasteiger charge is -2.19. The monoisotopic (exact) mass is 445 g/mol. The fourth-order valence-corrected chi connectivity index (χ4v) is 4.80. The molecule has 1 amide bonds. The molecule has 0 atom stereocenters. The minimum absolute atomic E-state index is 0.0520. The first-order chi connectivity index (χ1) is 14.7. The summed E-state index contributed by atoms with van der Waals surface area (Å²) in [6.07, 6.45) is 0. The van der Waals surface area contributed by atoms with Crippen molar-refractivity contribution in [3.05, 3.63) is 59.5 Å². The second-order valence-corrected chi connectivity index (χ2v) is 8.80. The van der Waals surface area contributed by atoms with E-state index in [4.69, 9.17) is 4.74 Å². The highest BCUT2D eigenvalue weighted by molar-refractivity contribution is 7.89. The van der Waals surface area contributed by atoms with Crippen LogP contribution in [0.4, 0.5) is 10.1 Å². The molecule has 7 nitrogen and oxygen atoms in total. The average Bonchev–Trinajstić information content (AvgIpc) is 2.73. The molecule has 3 aromatic rings. The zero-order valence-electron chi connectivity index (χ0n) is 17.8. The highest BCUT2D eigenvalue weighted by Gasteiger charge is 2.23. The highest BCUT2D eigenvalue weighted by Crippen LogP contribution is 2.30. The van der Waals surface area contributed by atoms with Gasteiger partial charge in [0.05, 0.1) is 34.5 Å². The number of hydrogen-bond acceptors (Lipinski definition) is 5. The fourth-order valence-electron chi connectivity index (χ4n) is 3.31. The van der Waals surface area contributed by atoms with Crippen LogP contribution in [0.3, 0.4) is 0 Å². The molecule has 0 bridgehead atoms. The van der Waals surface area contributed by atoms with Gasteiger partial charge in [-0.15, -0.1) is 0 Å². The molecule has 0 saturated carbocycles. The van der Waals surface area contributed by atoms with E-state index in [0.717, 1.165) is 0 Å². The molecule has 164 valence electrons. The molecule has 3 rings (SSSR count). The second-order valence-electron chi connectivity index (χ2n) is 6.86. The molecule has 1 heterocycles. The van der Waals surface area contributed by atoms with Crippen molar-refractivity contribution in [3.63, 3.8) is 0 Å². The van der Waals surface area contributed by atoms with Crippen LogP contribution >= 0.6 is 0 Å². The summed E-state index contributed by atoms with van der Waals surface area (Å²) in [6, 6.07) is 10.1. The lowest BCUT2D eigenvalue weighted by Crippen LogP contribution is -2.30. The number of fused-ring (bicyclic) bond motifs is 1. The summed E-state index contributed by atoms with van der Waals surface area (Å²) in [5, 5.41) is 3.33. The molecule has 0 radical (unpaired) electrons. The minimum Gasteiger partial charge on any atom is -0.495 e. The Morgan fingerprint density at radius 3 is 2.48 bits per heavy atom. The minimum atomic E-state index is -3.71. The Bertz CT molecular complexity index is 1240. The third kappa shape index (κ3) is 4.52. The van der Waals surface area contributed by atoms with Crippen molar-refractivity contribution in [2.75, 3.05) is 25.5 Å². The largest absolute Gasteiger partial charge is 0.495 e. The van der Waals surface area contributed by atoms with E-state index in [-0.39, 0.29) is 16.1 Å². The predicted molar refractivity (Wildman–Crippen MR) is 117 cm³/mol. The highest BCUT2D eigenvalue weighted by atomic mass is 32.2. The van der Waals surface area contributed by atoms with Crippen LogP contribution in [0, 0.1) is 12.7 Å². The number of benzene rings is 2. The quantitative estimate of drug-likeness (QED) is 0.594. The number of methoxy groups -OCH3 is 1. The van der Waals surface area contributed by atoms with Crippen LogP contribution in [0.2, 0.25) is 0 Å². The van der Waals surface area contributed by atoms with Gasteiger partial charge in [-0.1, -0.05) is 13.8 Å². The molecule has 0 aliphatic carbocycles. The molecule has 1 N–H and O–H groups in total. The number of carbonyl (C=O) groups is 1. The number of aryl methyl sites for hydroxylation is 1. The number of amides is 1. The number of halogens is 1. The summed E-state index contributed by atoms with van der Waals surface area (Å²) in [5.74, 6) is -0.570. The number of sulfonamides is 1. The van der Waals surface area contributed by atoms with Gasteiger partial charge in [0.15, 0.2) is 0 Å². The third-order valence-corrected chi connectivity index (χ3v) is 7.02.